The van der Waals surface area contributed by atoms with Gasteiger partial charge in [-0.3, -0.25) is 4.57 Å². The van der Waals surface area contributed by atoms with Crippen LogP contribution in [0.3, 0.4) is 0 Å². The first-order valence-corrected chi connectivity index (χ1v) is 15.3. The number of unbranched alkanes of at least 4 members (excludes halogenated alkanes) is 3. The molecule has 218 valence electrons. The smallest absolute Gasteiger partial charge is 0.168 e. The lowest BCUT2D eigenvalue weighted by molar-refractivity contribution is 0.151. The molecule has 6 nitrogen and oxygen atoms in total. The van der Waals surface area contributed by atoms with Crippen LogP contribution in [0.5, 0.6) is 5.75 Å². The summed E-state index contributed by atoms with van der Waals surface area (Å²) in [4.78, 5) is 5.02. The van der Waals surface area contributed by atoms with Crippen molar-refractivity contribution in [2.75, 3.05) is 46.4 Å². The largest absolute Gasteiger partial charge is 0.491 e. The van der Waals surface area contributed by atoms with Gasteiger partial charge in [-0.2, -0.15) is 0 Å². The lowest BCUT2D eigenvalue weighted by atomic mass is 10.0. The molecule has 1 aliphatic rings. The first-order valence-electron chi connectivity index (χ1n) is 15.3. The van der Waals surface area contributed by atoms with Gasteiger partial charge in [-0.05, 0) is 63.0 Å². The normalized spacial score (nSPS) is 14.0. The molecule has 0 spiro atoms. The van der Waals surface area contributed by atoms with E-state index in [9.17, 15) is 0 Å². The van der Waals surface area contributed by atoms with Crippen LogP contribution in [-0.4, -0.2) is 70.9 Å². The van der Waals surface area contributed by atoms with Gasteiger partial charge in [-0.15, -0.1) is 10.2 Å². The van der Waals surface area contributed by atoms with Gasteiger partial charge in [-0.25, -0.2) is 0 Å². The second-order valence-electron chi connectivity index (χ2n) is 10.7. The molecule has 0 N–H and O–H groups in total. The van der Waals surface area contributed by atoms with Gasteiger partial charge in [0.25, 0.3) is 0 Å². The fourth-order valence-corrected chi connectivity index (χ4v) is 5.34. The highest BCUT2D eigenvalue weighted by atomic mass is 16.5. The second kappa shape index (κ2) is 15.5. The van der Waals surface area contributed by atoms with Crippen molar-refractivity contribution in [3.63, 3.8) is 0 Å². The summed E-state index contributed by atoms with van der Waals surface area (Å²) in [5.41, 5.74) is 5.59. The third-order valence-corrected chi connectivity index (χ3v) is 7.72. The van der Waals surface area contributed by atoms with E-state index in [4.69, 9.17) is 4.74 Å². The number of benzene rings is 3. The van der Waals surface area contributed by atoms with E-state index in [1.54, 1.807) is 0 Å². The molecule has 0 saturated carbocycles. The fraction of sp³-hybridized carbons (Fsp3) is 0.429. The molecule has 0 radical (unpaired) electrons. The number of rotatable bonds is 11. The number of para-hydroxylation sites is 1. The predicted octanol–water partition coefficient (Wildman–Crippen LogP) is 7.43. The van der Waals surface area contributed by atoms with E-state index in [1.807, 2.05) is 26.8 Å². The van der Waals surface area contributed by atoms with Crippen LogP contribution in [0.15, 0.2) is 72.8 Å². The third kappa shape index (κ3) is 8.05. The zero-order chi connectivity index (χ0) is 29.0. The summed E-state index contributed by atoms with van der Waals surface area (Å²) >= 11 is 0. The Balaban J connectivity index is 0.00000189. The van der Waals surface area contributed by atoms with E-state index in [0.717, 1.165) is 40.6 Å². The Morgan fingerprint density at radius 2 is 1.34 bits per heavy atom. The van der Waals surface area contributed by atoms with E-state index >= 15 is 0 Å². The Morgan fingerprint density at radius 1 is 0.683 bits per heavy atom. The molecule has 0 amide bonds. The van der Waals surface area contributed by atoms with Crippen LogP contribution in [0.4, 0.5) is 0 Å². The number of likely N-dealkylation sites (N-methyl/N-ethyl adjacent to an activating group) is 1. The molecule has 1 fully saturated rings. The molecule has 0 atom stereocenters. The highest BCUT2D eigenvalue weighted by molar-refractivity contribution is 5.69. The lowest BCUT2D eigenvalue weighted by Gasteiger charge is -2.32. The van der Waals surface area contributed by atoms with Crippen molar-refractivity contribution in [1.29, 1.82) is 0 Å². The van der Waals surface area contributed by atoms with Gasteiger partial charge >= 0.3 is 0 Å². The zero-order valence-electron chi connectivity index (χ0n) is 25.6. The van der Waals surface area contributed by atoms with Crippen molar-refractivity contribution < 1.29 is 4.74 Å². The van der Waals surface area contributed by atoms with Crippen LogP contribution in [0.25, 0.3) is 28.2 Å². The van der Waals surface area contributed by atoms with Gasteiger partial charge in [0.2, 0.25) is 0 Å². The topological polar surface area (TPSA) is 46.4 Å². The molecule has 1 aromatic heterocycles. The van der Waals surface area contributed by atoms with E-state index < -0.39 is 0 Å². The SMILES string of the molecule is CC.Cc1cccc(OCCCCCCN2CCN(C)CC2)c1-n1c(C)nnc1-c1ccc(-c2ccccc2)cc1. The first kappa shape index (κ1) is 30.5. The summed E-state index contributed by atoms with van der Waals surface area (Å²) < 4.78 is 8.52. The highest BCUT2D eigenvalue weighted by Gasteiger charge is 2.19. The Kier molecular flexibility index (Phi) is 11.5. The minimum Gasteiger partial charge on any atom is -0.491 e. The summed E-state index contributed by atoms with van der Waals surface area (Å²) in [5, 5.41) is 9.03. The molecule has 6 heteroatoms. The van der Waals surface area contributed by atoms with Crippen LogP contribution in [0.1, 0.15) is 50.9 Å². The number of ether oxygens (including phenoxy) is 1. The molecule has 1 aliphatic heterocycles. The van der Waals surface area contributed by atoms with Gasteiger partial charge in [0, 0.05) is 31.7 Å². The molecule has 3 aromatic carbocycles. The van der Waals surface area contributed by atoms with Gasteiger partial charge in [0.05, 0.1) is 12.3 Å². The minimum atomic E-state index is 0.716. The summed E-state index contributed by atoms with van der Waals surface area (Å²) in [6.07, 6.45) is 4.78. The quantitative estimate of drug-likeness (QED) is 0.181. The van der Waals surface area contributed by atoms with Crippen molar-refractivity contribution in [2.24, 2.45) is 0 Å². The predicted molar refractivity (Wildman–Crippen MR) is 171 cm³/mol. The number of nitrogens with zero attached hydrogens (tertiary/aromatic N) is 5. The average Bonchev–Trinajstić information content (AvgIpc) is 3.39. The summed E-state index contributed by atoms with van der Waals surface area (Å²) in [6, 6.07) is 25.3. The molecule has 0 bridgehead atoms. The van der Waals surface area contributed by atoms with Gasteiger partial charge < -0.3 is 14.5 Å². The molecule has 1 saturated heterocycles. The number of piperazine rings is 1. The van der Waals surface area contributed by atoms with Crippen molar-refractivity contribution in [3.05, 3.63) is 84.2 Å². The number of aromatic nitrogens is 3. The standard InChI is InChI=1S/C33H41N5O.C2H6/c1-26-12-11-15-31(39-25-10-5-4-9-20-37-23-21-36(3)22-24-37)32(26)38-27(2)34-35-33(38)30-18-16-29(17-19-30)28-13-7-6-8-14-28;1-2/h6-8,11-19H,4-5,9-10,20-25H2,1-3H3;1-2H3. The second-order valence-corrected chi connectivity index (χ2v) is 10.7. The Hall–Kier alpha value is -3.48. The van der Waals surface area contributed by atoms with Crippen molar-refractivity contribution in [2.45, 2.75) is 53.4 Å². The van der Waals surface area contributed by atoms with E-state index in [2.05, 4.69) is 105 Å². The average molecular weight is 554 g/mol. The molecule has 4 aromatic rings. The van der Waals surface area contributed by atoms with Gasteiger partial charge in [-0.1, -0.05) is 93.4 Å². The highest BCUT2D eigenvalue weighted by Crippen LogP contribution is 2.32. The Morgan fingerprint density at radius 3 is 2.07 bits per heavy atom. The fourth-order valence-electron chi connectivity index (χ4n) is 5.34. The van der Waals surface area contributed by atoms with E-state index in [1.165, 1.54) is 63.1 Å². The monoisotopic (exact) mass is 553 g/mol. The Labute approximate surface area is 247 Å². The molecule has 41 heavy (non-hydrogen) atoms. The molecule has 2 heterocycles. The molecule has 0 unspecified atom stereocenters. The van der Waals surface area contributed by atoms with Crippen LogP contribution in [0, 0.1) is 13.8 Å². The summed E-state index contributed by atoms with van der Waals surface area (Å²) in [5.74, 6) is 2.56. The van der Waals surface area contributed by atoms with E-state index in [0.29, 0.717) is 6.61 Å². The number of hydrogen-bond acceptors (Lipinski definition) is 5. The van der Waals surface area contributed by atoms with Crippen LogP contribution in [-0.2, 0) is 0 Å². The minimum absolute atomic E-state index is 0.716. The Bertz CT molecular complexity index is 1320. The number of aryl methyl sites for hydroxylation is 2. The summed E-state index contributed by atoms with van der Waals surface area (Å²) in [6.45, 7) is 14.9. The summed E-state index contributed by atoms with van der Waals surface area (Å²) in [7, 11) is 2.21. The maximum Gasteiger partial charge on any atom is 0.168 e. The van der Waals surface area contributed by atoms with Crippen molar-refractivity contribution >= 4 is 0 Å². The molecular weight excluding hydrogens is 506 g/mol. The maximum absolute atomic E-state index is 6.38. The van der Waals surface area contributed by atoms with Crippen molar-refractivity contribution in [3.8, 4) is 34.0 Å². The maximum atomic E-state index is 6.38. The van der Waals surface area contributed by atoms with Crippen LogP contribution < -0.4 is 4.74 Å². The van der Waals surface area contributed by atoms with E-state index in [-0.39, 0.29) is 0 Å². The van der Waals surface area contributed by atoms with Crippen molar-refractivity contribution in [1.82, 2.24) is 24.6 Å². The molecule has 5 rings (SSSR count). The first-order chi connectivity index (χ1) is 20.1. The van der Waals surface area contributed by atoms with Crippen LogP contribution in [0.2, 0.25) is 0 Å². The lowest BCUT2D eigenvalue weighted by Crippen LogP contribution is -2.44. The zero-order valence-corrected chi connectivity index (χ0v) is 25.6. The number of hydrogen-bond donors (Lipinski definition) is 0. The molecule has 0 aliphatic carbocycles. The van der Waals surface area contributed by atoms with Crippen LogP contribution >= 0.6 is 0 Å². The molecular formula is C35H47N5O. The van der Waals surface area contributed by atoms with Gasteiger partial charge in [0.1, 0.15) is 11.6 Å². The third-order valence-electron chi connectivity index (χ3n) is 7.72. The van der Waals surface area contributed by atoms with Gasteiger partial charge in [0.15, 0.2) is 5.82 Å².